The van der Waals surface area contributed by atoms with E-state index in [0.717, 1.165) is 11.2 Å². The average Bonchev–Trinajstić information content (AvgIpc) is 2.54. The molecule has 0 saturated heterocycles. The summed E-state index contributed by atoms with van der Waals surface area (Å²) in [4.78, 5) is 4.85. The average molecular weight is 259 g/mol. The highest BCUT2D eigenvalue weighted by Crippen LogP contribution is 2.31. The van der Waals surface area contributed by atoms with Crippen LogP contribution in [0.25, 0.3) is 22.2 Å². The first-order valence-corrected chi connectivity index (χ1v) is 7.39. The van der Waals surface area contributed by atoms with Crippen LogP contribution in [0.3, 0.4) is 0 Å². The smallest absolute Gasteiger partial charge is 0.0712 e. The molecule has 0 N–H and O–H groups in total. The first-order chi connectivity index (χ1) is 9.92. The van der Waals surface area contributed by atoms with Gasteiger partial charge in [0.1, 0.15) is 0 Å². The highest BCUT2D eigenvalue weighted by atomic mass is 14.7. The second-order valence-corrected chi connectivity index (χ2v) is 5.54. The van der Waals surface area contributed by atoms with Crippen molar-refractivity contribution in [2.75, 3.05) is 0 Å². The van der Waals surface area contributed by atoms with E-state index in [9.17, 15) is 0 Å². The van der Waals surface area contributed by atoms with E-state index < -0.39 is 0 Å². The van der Waals surface area contributed by atoms with Crippen molar-refractivity contribution in [3.05, 3.63) is 65.7 Å². The molecule has 3 aromatic rings. The maximum atomic E-state index is 4.85. The van der Waals surface area contributed by atoms with E-state index in [0.29, 0.717) is 0 Å². The van der Waals surface area contributed by atoms with Gasteiger partial charge < -0.3 is 0 Å². The van der Waals surface area contributed by atoms with Crippen molar-refractivity contribution in [1.82, 2.24) is 4.98 Å². The monoisotopic (exact) mass is 259 g/mol. The van der Waals surface area contributed by atoms with Crippen LogP contribution in [-0.4, -0.2) is 4.98 Å². The number of aryl methyl sites for hydroxylation is 1. The molecule has 4 rings (SSSR count). The summed E-state index contributed by atoms with van der Waals surface area (Å²) in [5.74, 6) is 0. The van der Waals surface area contributed by atoms with Crippen molar-refractivity contribution in [1.29, 1.82) is 0 Å². The molecule has 20 heavy (non-hydrogen) atoms. The molecule has 1 heterocycles. The van der Waals surface area contributed by atoms with Crippen LogP contribution in [-0.2, 0) is 12.8 Å². The zero-order chi connectivity index (χ0) is 13.4. The summed E-state index contributed by atoms with van der Waals surface area (Å²) in [6, 6.07) is 19.3. The summed E-state index contributed by atoms with van der Waals surface area (Å²) in [5, 5.41) is 1.21. The zero-order valence-electron chi connectivity index (χ0n) is 11.5. The predicted molar refractivity (Wildman–Crippen MR) is 83.8 cm³/mol. The summed E-state index contributed by atoms with van der Waals surface area (Å²) in [7, 11) is 0. The Bertz CT molecular complexity index is 774. The predicted octanol–water partition coefficient (Wildman–Crippen LogP) is 4.78. The Morgan fingerprint density at radius 3 is 2.65 bits per heavy atom. The normalized spacial score (nSPS) is 14.2. The highest BCUT2D eigenvalue weighted by Gasteiger charge is 2.14. The van der Waals surface area contributed by atoms with Crippen molar-refractivity contribution < 1.29 is 0 Å². The second kappa shape index (κ2) is 4.75. The first kappa shape index (κ1) is 11.7. The van der Waals surface area contributed by atoms with Crippen LogP contribution in [0.1, 0.15) is 24.0 Å². The lowest BCUT2D eigenvalue weighted by molar-refractivity contribution is 0.686. The van der Waals surface area contributed by atoms with Crippen LogP contribution in [0.2, 0.25) is 0 Å². The standard InChI is InChI=1S/C19H17N/c1-3-9-16-14(6-1)8-5-10-17(16)19-13-12-15-7-2-4-11-18(15)20-19/h2,4-5,7-8,10-13H,1,3,6,9H2. The van der Waals surface area contributed by atoms with Crippen LogP contribution in [0.4, 0.5) is 0 Å². The van der Waals surface area contributed by atoms with E-state index >= 15 is 0 Å². The number of aromatic nitrogens is 1. The molecule has 2 aromatic carbocycles. The Balaban J connectivity index is 1.90. The van der Waals surface area contributed by atoms with Crippen LogP contribution in [0, 0.1) is 0 Å². The van der Waals surface area contributed by atoms with Gasteiger partial charge in [-0.05, 0) is 48.9 Å². The zero-order valence-corrected chi connectivity index (χ0v) is 11.5. The van der Waals surface area contributed by atoms with Crippen LogP contribution >= 0.6 is 0 Å². The number of hydrogen-bond donors (Lipinski definition) is 0. The largest absolute Gasteiger partial charge is 0.248 e. The van der Waals surface area contributed by atoms with E-state index in [2.05, 4.69) is 54.6 Å². The molecule has 0 saturated carbocycles. The minimum atomic E-state index is 1.08. The molecule has 1 aliphatic rings. The Labute approximate surface area is 119 Å². The Morgan fingerprint density at radius 2 is 1.65 bits per heavy atom. The second-order valence-electron chi connectivity index (χ2n) is 5.54. The van der Waals surface area contributed by atoms with Crippen molar-refractivity contribution in [2.45, 2.75) is 25.7 Å². The van der Waals surface area contributed by atoms with E-state index in [1.165, 1.54) is 47.8 Å². The lowest BCUT2D eigenvalue weighted by Gasteiger charge is -2.19. The molecular formula is C19H17N. The van der Waals surface area contributed by atoms with Gasteiger partial charge in [-0.25, -0.2) is 4.98 Å². The molecule has 0 spiro atoms. The molecule has 0 radical (unpaired) electrons. The molecule has 1 nitrogen and oxygen atoms in total. The van der Waals surface area contributed by atoms with E-state index in [1.54, 1.807) is 0 Å². The van der Waals surface area contributed by atoms with Gasteiger partial charge in [0, 0.05) is 10.9 Å². The SMILES string of the molecule is c1cc2c(c(-c3ccc4ccccc4n3)c1)CCCC2. The Morgan fingerprint density at radius 1 is 0.750 bits per heavy atom. The van der Waals surface area contributed by atoms with Gasteiger partial charge in [0.25, 0.3) is 0 Å². The van der Waals surface area contributed by atoms with E-state index in [4.69, 9.17) is 4.98 Å². The topological polar surface area (TPSA) is 12.9 Å². The summed E-state index contributed by atoms with van der Waals surface area (Å²) in [6.07, 6.45) is 5.04. The number of rotatable bonds is 1. The molecule has 0 fully saturated rings. The summed E-state index contributed by atoms with van der Waals surface area (Å²) >= 11 is 0. The van der Waals surface area contributed by atoms with Crippen molar-refractivity contribution in [2.24, 2.45) is 0 Å². The molecule has 0 atom stereocenters. The molecule has 98 valence electrons. The van der Waals surface area contributed by atoms with Gasteiger partial charge in [-0.2, -0.15) is 0 Å². The maximum absolute atomic E-state index is 4.85. The van der Waals surface area contributed by atoms with Crippen LogP contribution in [0.15, 0.2) is 54.6 Å². The van der Waals surface area contributed by atoms with Gasteiger partial charge in [-0.15, -0.1) is 0 Å². The third-order valence-electron chi connectivity index (χ3n) is 4.27. The molecule has 1 aromatic heterocycles. The van der Waals surface area contributed by atoms with Gasteiger partial charge in [0.2, 0.25) is 0 Å². The number of para-hydroxylation sites is 1. The molecular weight excluding hydrogens is 242 g/mol. The third-order valence-corrected chi connectivity index (χ3v) is 4.27. The minimum Gasteiger partial charge on any atom is -0.248 e. The fraction of sp³-hybridized carbons (Fsp3) is 0.211. The number of benzene rings is 2. The fourth-order valence-corrected chi connectivity index (χ4v) is 3.24. The number of pyridine rings is 1. The van der Waals surface area contributed by atoms with Gasteiger partial charge in [-0.1, -0.05) is 42.5 Å². The summed E-state index contributed by atoms with van der Waals surface area (Å²) < 4.78 is 0. The van der Waals surface area contributed by atoms with Gasteiger partial charge in [0.05, 0.1) is 11.2 Å². The number of nitrogens with zero attached hydrogens (tertiary/aromatic N) is 1. The van der Waals surface area contributed by atoms with Gasteiger partial charge in [-0.3, -0.25) is 0 Å². The Kier molecular flexibility index (Phi) is 2.77. The lowest BCUT2D eigenvalue weighted by Crippen LogP contribution is -2.04. The van der Waals surface area contributed by atoms with Crippen LogP contribution < -0.4 is 0 Å². The summed E-state index contributed by atoms with van der Waals surface area (Å²) in [5.41, 5.74) is 6.55. The first-order valence-electron chi connectivity index (χ1n) is 7.39. The van der Waals surface area contributed by atoms with Crippen LogP contribution in [0.5, 0.6) is 0 Å². The minimum absolute atomic E-state index is 1.08. The van der Waals surface area contributed by atoms with Crippen molar-refractivity contribution >= 4 is 10.9 Å². The fourth-order valence-electron chi connectivity index (χ4n) is 3.24. The molecule has 0 aliphatic heterocycles. The molecule has 1 aliphatic carbocycles. The van der Waals surface area contributed by atoms with E-state index in [1.807, 2.05) is 0 Å². The maximum Gasteiger partial charge on any atom is 0.0712 e. The quantitative estimate of drug-likeness (QED) is 0.613. The van der Waals surface area contributed by atoms with Crippen molar-refractivity contribution in [3.63, 3.8) is 0 Å². The Hall–Kier alpha value is -2.15. The lowest BCUT2D eigenvalue weighted by atomic mass is 9.87. The molecule has 0 bridgehead atoms. The van der Waals surface area contributed by atoms with E-state index in [-0.39, 0.29) is 0 Å². The van der Waals surface area contributed by atoms with Crippen molar-refractivity contribution in [3.8, 4) is 11.3 Å². The third kappa shape index (κ3) is 1.90. The molecule has 0 unspecified atom stereocenters. The van der Waals surface area contributed by atoms with Gasteiger partial charge in [0.15, 0.2) is 0 Å². The van der Waals surface area contributed by atoms with Gasteiger partial charge >= 0.3 is 0 Å². The number of hydrogen-bond acceptors (Lipinski definition) is 1. The summed E-state index contributed by atoms with van der Waals surface area (Å²) in [6.45, 7) is 0. The molecule has 0 amide bonds. The molecule has 1 heteroatoms. The number of fused-ring (bicyclic) bond motifs is 2. The highest BCUT2D eigenvalue weighted by molar-refractivity contribution is 5.82.